The summed E-state index contributed by atoms with van der Waals surface area (Å²) >= 11 is 7.28. The van der Waals surface area contributed by atoms with E-state index in [0.717, 1.165) is 62.4 Å². The highest BCUT2D eigenvalue weighted by atomic mass is 35.5. The van der Waals surface area contributed by atoms with Crippen molar-refractivity contribution in [3.05, 3.63) is 5.82 Å². The fraction of sp³-hybridized carbons (Fsp3) is 0.818. The number of rotatable bonds is 5. The van der Waals surface area contributed by atoms with E-state index >= 15 is 0 Å². The molecule has 0 aliphatic carbocycles. The molecule has 1 fully saturated rings. The van der Waals surface area contributed by atoms with Crippen LogP contribution < -0.4 is 4.90 Å². The van der Waals surface area contributed by atoms with Gasteiger partial charge >= 0.3 is 0 Å². The predicted octanol–water partition coefficient (Wildman–Crippen LogP) is 1.85. The van der Waals surface area contributed by atoms with Gasteiger partial charge in [-0.05, 0) is 6.42 Å². The van der Waals surface area contributed by atoms with Crippen LogP contribution >= 0.6 is 23.1 Å². The summed E-state index contributed by atoms with van der Waals surface area (Å²) in [6, 6.07) is 0. The number of piperazine rings is 1. The molecule has 1 aliphatic rings. The molecule has 0 atom stereocenters. The molecule has 1 aromatic rings. The van der Waals surface area contributed by atoms with E-state index in [4.69, 9.17) is 11.6 Å². The summed E-state index contributed by atoms with van der Waals surface area (Å²) in [5, 5.41) is 1.08. The van der Waals surface area contributed by atoms with Gasteiger partial charge in [0.15, 0.2) is 0 Å². The number of anilines is 1. The van der Waals surface area contributed by atoms with Crippen LogP contribution in [0.25, 0.3) is 0 Å². The van der Waals surface area contributed by atoms with Gasteiger partial charge in [-0.3, -0.25) is 4.90 Å². The average molecular weight is 275 g/mol. The van der Waals surface area contributed by atoms with Crippen LogP contribution in [0.5, 0.6) is 0 Å². The lowest BCUT2D eigenvalue weighted by Gasteiger charge is -2.33. The van der Waals surface area contributed by atoms with Gasteiger partial charge < -0.3 is 4.90 Å². The molecule has 2 rings (SSSR count). The van der Waals surface area contributed by atoms with Gasteiger partial charge in [-0.15, -0.1) is 11.6 Å². The molecule has 96 valence electrons. The molecule has 0 N–H and O–H groups in total. The Labute approximate surface area is 112 Å². The minimum Gasteiger partial charge on any atom is -0.344 e. The maximum Gasteiger partial charge on any atom is 0.205 e. The smallest absolute Gasteiger partial charge is 0.205 e. The number of aryl methyl sites for hydroxylation is 1. The van der Waals surface area contributed by atoms with E-state index in [9.17, 15) is 0 Å². The van der Waals surface area contributed by atoms with Crippen molar-refractivity contribution in [1.82, 2.24) is 14.3 Å². The number of nitrogens with zero attached hydrogens (tertiary/aromatic N) is 4. The van der Waals surface area contributed by atoms with Gasteiger partial charge in [-0.1, -0.05) is 6.92 Å². The lowest BCUT2D eigenvalue weighted by molar-refractivity contribution is 0.272. The summed E-state index contributed by atoms with van der Waals surface area (Å²) in [6.07, 6.45) is 2.10. The van der Waals surface area contributed by atoms with E-state index < -0.39 is 0 Å². The fourth-order valence-corrected chi connectivity index (χ4v) is 2.98. The lowest BCUT2D eigenvalue weighted by Crippen LogP contribution is -2.46. The molecule has 0 radical (unpaired) electrons. The van der Waals surface area contributed by atoms with E-state index in [1.807, 2.05) is 0 Å². The Hall–Kier alpha value is -0.390. The Bertz CT molecular complexity index is 336. The summed E-state index contributed by atoms with van der Waals surface area (Å²) in [4.78, 5) is 9.32. The zero-order chi connectivity index (χ0) is 12.1. The van der Waals surface area contributed by atoms with E-state index in [0.29, 0.717) is 0 Å². The first-order valence-corrected chi connectivity index (χ1v) is 7.50. The van der Waals surface area contributed by atoms with Crippen LogP contribution in [0.15, 0.2) is 0 Å². The number of hydrogen-bond donors (Lipinski definition) is 0. The Morgan fingerprint density at radius 3 is 2.71 bits per heavy atom. The molecule has 0 aromatic carbocycles. The van der Waals surface area contributed by atoms with Gasteiger partial charge in [-0.2, -0.15) is 4.37 Å². The highest BCUT2D eigenvalue weighted by Crippen LogP contribution is 2.19. The molecule has 0 bridgehead atoms. The molecule has 0 spiro atoms. The van der Waals surface area contributed by atoms with Gasteiger partial charge in [0.05, 0.1) is 0 Å². The first kappa shape index (κ1) is 13.1. The zero-order valence-corrected chi connectivity index (χ0v) is 11.8. The summed E-state index contributed by atoms with van der Waals surface area (Å²) in [5.74, 6) is 1.72. The van der Waals surface area contributed by atoms with E-state index in [-0.39, 0.29) is 0 Å². The van der Waals surface area contributed by atoms with Crippen molar-refractivity contribution in [2.24, 2.45) is 0 Å². The number of aromatic nitrogens is 2. The van der Waals surface area contributed by atoms with Crippen LogP contribution in [0.1, 0.15) is 19.2 Å². The van der Waals surface area contributed by atoms with Gasteiger partial charge in [0, 0.05) is 56.6 Å². The maximum atomic E-state index is 5.75. The minimum atomic E-state index is 0.722. The second-order valence-corrected chi connectivity index (χ2v) is 5.37. The van der Waals surface area contributed by atoms with Crippen LogP contribution in [-0.2, 0) is 6.42 Å². The van der Waals surface area contributed by atoms with Gasteiger partial charge in [0.25, 0.3) is 0 Å². The Kier molecular flexibility index (Phi) is 5.00. The normalized spacial score (nSPS) is 17.6. The molecule has 6 heteroatoms. The quantitative estimate of drug-likeness (QED) is 0.767. The second-order valence-electron chi connectivity index (χ2n) is 4.26. The van der Waals surface area contributed by atoms with Crippen molar-refractivity contribution in [2.75, 3.05) is 43.5 Å². The van der Waals surface area contributed by atoms with Gasteiger partial charge in [-0.25, -0.2) is 4.98 Å². The molecule has 0 saturated carbocycles. The largest absolute Gasteiger partial charge is 0.344 e. The third-order valence-electron chi connectivity index (χ3n) is 2.97. The molecule has 0 unspecified atom stereocenters. The van der Waals surface area contributed by atoms with Gasteiger partial charge in [0.1, 0.15) is 5.82 Å². The molecule has 0 amide bonds. The zero-order valence-electron chi connectivity index (χ0n) is 10.2. The highest BCUT2D eigenvalue weighted by Gasteiger charge is 2.19. The topological polar surface area (TPSA) is 32.3 Å². The average Bonchev–Trinajstić information content (AvgIpc) is 2.80. The van der Waals surface area contributed by atoms with Crippen molar-refractivity contribution in [3.8, 4) is 0 Å². The highest BCUT2D eigenvalue weighted by molar-refractivity contribution is 7.09. The number of hydrogen-bond acceptors (Lipinski definition) is 5. The van der Waals surface area contributed by atoms with Crippen molar-refractivity contribution in [3.63, 3.8) is 0 Å². The summed E-state index contributed by atoms with van der Waals surface area (Å²) < 4.78 is 4.39. The van der Waals surface area contributed by atoms with E-state index in [2.05, 4.69) is 26.1 Å². The van der Waals surface area contributed by atoms with Crippen molar-refractivity contribution >= 4 is 28.3 Å². The summed E-state index contributed by atoms with van der Waals surface area (Å²) in [5.41, 5.74) is 0. The third-order valence-corrected chi connectivity index (χ3v) is 3.96. The minimum absolute atomic E-state index is 0.722. The Morgan fingerprint density at radius 1 is 1.29 bits per heavy atom. The van der Waals surface area contributed by atoms with Crippen molar-refractivity contribution in [1.29, 1.82) is 0 Å². The Morgan fingerprint density at radius 2 is 2.06 bits per heavy atom. The molecular formula is C11H19ClN4S. The standard InChI is InChI=1S/C11H19ClN4S/c1-2-3-10-13-11(17-14-10)16-8-6-15(5-4-12)7-9-16/h2-9H2,1H3. The maximum absolute atomic E-state index is 5.75. The molecule has 1 saturated heterocycles. The van der Waals surface area contributed by atoms with Crippen molar-refractivity contribution < 1.29 is 0 Å². The third kappa shape index (κ3) is 3.53. The van der Waals surface area contributed by atoms with Crippen LogP contribution in [0.4, 0.5) is 5.13 Å². The van der Waals surface area contributed by atoms with E-state index in [1.165, 1.54) is 11.5 Å². The summed E-state index contributed by atoms with van der Waals surface area (Å²) in [6.45, 7) is 7.39. The van der Waals surface area contributed by atoms with Crippen molar-refractivity contribution in [2.45, 2.75) is 19.8 Å². The van der Waals surface area contributed by atoms with Crippen LogP contribution in [0.3, 0.4) is 0 Å². The first-order valence-electron chi connectivity index (χ1n) is 6.19. The molecular weight excluding hydrogens is 256 g/mol. The monoisotopic (exact) mass is 274 g/mol. The molecule has 1 aromatic heterocycles. The fourth-order valence-electron chi connectivity index (χ4n) is 1.98. The van der Waals surface area contributed by atoms with E-state index in [1.54, 1.807) is 0 Å². The summed E-state index contributed by atoms with van der Waals surface area (Å²) in [7, 11) is 0. The van der Waals surface area contributed by atoms with Gasteiger partial charge in [0.2, 0.25) is 5.13 Å². The molecule has 4 nitrogen and oxygen atoms in total. The van der Waals surface area contributed by atoms with Crippen LogP contribution in [0, 0.1) is 0 Å². The molecule has 2 heterocycles. The molecule has 1 aliphatic heterocycles. The SMILES string of the molecule is CCCc1nsc(N2CCN(CCCl)CC2)n1. The molecule has 17 heavy (non-hydrogen) atoms. The number of alkyl halides is 1. The second kappa shape index (κ2) is 6.52. The lowest BCUT2D eigenvalue weighted by atomic mass is 10.3. The van der Waals surface area contributed by atoms with Crippen LogP contribution in [0.2, 0.25) is 0 Å². The first-order chi connectivity index (χ1) is 8.33. The Balaban J connectivity index is 1.86. The predicted molar refractivity (Wildman–Crippen MR) is 73.3 cm³/mol. The van der Waals surface area contributed by atoms with Crippen LogP contribution in [-0.4, -0.2) is 52.9 Å². The number of halogens is 1.